The van der Waals surface area contributed by atoms with Gasteiger partial charge in [0.05, 0.1) is 22.1 Å². The topological polar surface area (TPSA) is 57.4 Å². The lowest BCUT2D eigenvalue weighted by molar-refractivity contribution is 1.08. The second-order valence-corrected chi connectivity index (χ2v) is 8.44. The van der Waals surface area contributed by atoms with Crippen LogP contribution in [0.25, 0.3) is 22.1 Å². The molecule has 5 rings (SSSR count). The lowest BCUT2D eigenvalue weighted by atomic mass is 10.2. The Kier molecular flexibility index (Phi) is 4.81. The number of fused-ring (bicyclic) bond motifs is 2. The Morgan fingerprint density at radius 2 is 1.11 bits per heavy atom. The van der Waals surface area contributed by atoms with Crippen molar-refractivity contribution >= 4 is 45.6 Å². The van der Waals surface area contributed by atoms with E-state index in [1.807, 2.05) is 36.4 Å². The molecule has 6 heteroatoms. The molecule has 2 heterocycles. The first-order valence-corrected chi connectivity index (χ1v) is 11.0. The second kappa shape index (κ2) is 7.73. The third-order valence-electron chi connectivity index (χ3n) is 4.48. The van der Waals surface area contributed by atoms with E-state index in [1.165, 1.54) is 11.1 Å². The predicted molar refractivity (Wildman–Crippen MR) is 118 cm³/mol. The molecular formula is C22H18N4S2. The number of para-hydroxylation sites is 4. The normalized spacial score (nSPS) is 11.4. The molecule has 0 bridgehead atoms. The maximum atomic E-state index is 4.64. The lowest BCUT2D eigenvalue weighted by Gasteiger charge is -2.04. The Morgan fingerprint density at radius 3 is 1.61 bits per heavy atom. The maximum Gasteiger partial charge on any atom is 0.166 e. The van der Waals surface area contributed by atoms with Gasteiger partial charge in [0.25, 0.3) is 0 Å². The number of rotatable bonds is 6. The minimum Gasteiger partial charge on any atom is -0.333 e. The lowest BCUT2D eigenvalue weighted by Crippen LogP contribution is -1.87. The Balaban J connectivity index is 1.24. The van der Waals surface area contributed by atoms with Crippen LogP contribution < -0.4 is 0 Å². The van der Waals surface area contributed by atoms with Gasteiger partial charge in [-0.05, 0) is 35.4 Å². The number of aromatic nitrogens is 4. The Hall–Kier alpha value is -2.70. The zero-order valence-corrected chi connectivity index (χ0v) is 16.7. The van der Waals surface area contributed by atoms with Crippen LogP contribution in [0.4, 0.5) is 0 Å². The number of aromatic amines is 2. The quantitative estimate of drug-likeness (QED) is 0.341. The summed E-state index contributed by atoms with van der Waals surface area (Å²) in [5.41, 5.74) is 6.80. The molecule has 0 atom stereocenters. The summed E-state index contributed by atoms with van der Waals surface area (Å²) in [6.45, 7) is 0. The van der Waals surface area contributed by atoms with Gasteiger partial charge in [-0.25, -0.2) is 9.97 Å². The van der Waals surface area contributed by atoms with Crippen LogP contribution in [0.15, 0.2) is 83.1 Å². The molecular weight excluding hydrogens is 384 g/mol. The van der Waals surface area contributed by atoms with E-state index >= 15 is 0 Å². The van der Waals surface area contributed by atoms with Crippen molar-refractivity contribution in [1.29, 1.82) is 0 Å². The van der Waals surface area contributed by atoms with Crippen molar-refractivity contribution in [3.05, 3.63) is 83.9 Å². The second-order valence-electron chi connectivity index (χ2n) is 6.52. The molecule has 0 saturated heterocycles. The number of benzene rings is 3. The standard InChI is InChI=1S/C22H18N4S2/c1-2-9-18-17(8-1)23-21(24-18)27-13-15-6-5-7-16(12-15)14-28-22-25-19-10-3-4-11-20(19)26-22/h1-12H,13-14H2,(H,23,24)(H,25,26). The van der Waals surface area contributed by atoms with Crippen molar-refractivity contribution in [2.75, 3.05) is 0 Å². The SMILES string of the molecule is c1cc(CSc2nc3ccccc3[nH]2)cc(CSc2nc3ccccc3[nH]2)c1. The fourth-order valence-corrected chi connectivity index (χ4v) is 4.76. The molecule has 0 spiro atoms. The average molecular weight is 403 g/mol. The number of hydrogen-bond acceptors (Lipinski definition) is 4. The van der Waals surface area contributed by atoms with Gasteiger partial charge in [-0.2, -0.15) is 0 Å². The highest BCUT2D eigenvalue weighted by atomic mass is 32.2. The van der Waals surface area contributed by atoms with E-state index in [-0.39, 0.29) is 0 Å². The Labute approximate surface area is 171 Å². The first kappa shape index (κ1) is 17.4. The zero-order valence-electron chi connectivity index (χ0n) is 15.1. The van der Waals surface area contributed by atoms with E-state index in [2.05, 4.69) is 56.3 Å². The van der Waals surface area contributed by atoms with E-state index in [1.54, 1.807) is 23.5 Å². The van der Waals surface area contributed by atoms with Crippen LogP contribution in [0.2, 0.25) is 0 Å². The van der Waals surface area contributed by atoms with Crippen LogP contribution in [-0.4, -0.2) is 19.9 Å². The molecule has 2 aromatic heterocycles. The van der Waals surface area contributed by atoms with Crippen molar-refractivity contribution in [1.82, 2.24) is 19.9 Å². The van der Waals surface area contributed by atoms with Crippen LogP contribution in [0.3, 0.4) is 0 Å². The molecule has 5 aromatic rings. The number of nitrogens with zero attached hydrogens (tertiary/aromatic N) is 2. The van der Waals surface area contributed by atoms with Crippen LogP contribution in [0.1, 0.15) is 11.1 Å². The molecule has 0 fully saturated rings. The molecule has 0 amide bonds. The number of H-pyrrole nitrogens is 2. The van der Waals surface area contributed by atoms with E-state index in [0.29, 0.717) is 0 Å². The summed E-state index contributed by atoms with van der Waals surface area (Å²) in [6.07, 6.45) is 0. The molecule has 3 aromatic carbocycles. The van der Waals surface area contributed by atoms with Crippen LogP contribution >= 0.6 is 23.5 Å². The number of imidazole rings is 2. The van der Waals surface area contributed by atoms with Crippen LogP contribution in [0, 0.1) is 0 Å². The minimum absolute atomic E-state index is 0.892. The van der Waals surface area contributed by atoms with Gasteiger partial charge in [-0.15, -0.1) is 0 Å². The summed E-state index contributed by atoms with van der Waals surface area (Å²) in [5, 5.41) is 1.92. The predicted octanol–water partition coefficient (Wildman–Crippen LogP) is 6.02. The molecule has 28 heavy (non-hydrogen) atoms. The molecule has 0 radical (unpaired) electrons. The molecule has 138 valence electrons. The Morgan fingerprint density at radius 1 is 0.607 bits per heavy atom. The van der Waals surface area contributed by atoms with Gasteiger partial charge < -0.3 is 9.97 Å². The Bertz CT molecular complexity index is 1080. The fraction of sp³-hybridized carbons (Fsp3) is 0.0909. The maximum absolute atomic E-state index is 4.64. The van der Waals surface area contributed by atoms with E-state index in [0.717, 1.165) is 43.9 Å². The third-order valence-corrected chi connectivity index (χ3v) is 6.37. The smallest absolute Gasteiger partial charge is 0.166 e. The highest BCUT2D eigenvalue weighted by Crippen LogP contribution is 2.26. The molecule has 0 aliphatic rings. The van der Waals surface area contributed by atoms with Crippen molar-refractivity contribution in [3.8, 4) is 0 Å². The van der Waals surface area contributed by atoms with Gasteiger partial charge >= 0.3 is 0 Å². The van der Waals surface area contributed by atoms with E-state index in [4.69, 9.17) is 0 Å². The molecule has 0 aliphatic heterocycles. The first-order valence-electron chi connectivity index (χ1n) is 9.06. The van der Waals surface area contributed by atoms with Crippen LogP contribution in [-0.2, 0) is 11.5 Å². The van der Waals surface area contributed by atoms with Gasteiger partial charge in [0.15, 0.2) is 10.3 Å². The van der Waals surface area contributed by atoms with Gasteiger partial charge in [-0.1, -0.05) is 72.1 Å². The molecule has 0 saturated carbocycles. The van der Waals surface area contributed by atoms with Gasteiger partial charge in [0.1, 0.15) is 0 Å². The van der Waals surface area contributed by atoms with Gasteiger partial charge in [0.2, 0.25) is 0 Å². The van der Waals surface area contributed by atoms with Crippen LogP contribution in [0.5, 0.6) is 0 Å². The largest absolute Gasteiger partial charge is 0.333 e. The van der Waals surface area contributed by atoms with Crippen molar-refractivity contribution in [2.24, 2.45) is 0 Å². The summed E-state index contributed by atoms with van der Waals surface area (Å²) in [7, 11) is 0. The molecule has 4 nitrogen and oxygen atoms in total. The average Bonchev–Trinajstić information content (AvgIpc) is 3.34. The first-order chi connectivity index (χ1) is 13.8. The van der Waals surface area contributed by atoms with Crippen molar-refractivity contribution in [2.45, 2.75) is 21.8 Å². The number of hydrogen-bond donors (Lipinski definition) is 2. The summed E-state index contributed by atoms with van der Waals surface area (Å²) in [6, 6.07) is 25.0. The minimum atomic E-state index is 0.892. The third kappa shape index (κ3) is 3.79. The fourth-order valence-electron chi connectivity index (χ4n) is 3.11. The summed E-state index contributed by atoms with van der Waals surface area (Å²) < 4.78 is 0. The van der Waals surface area contributed by atoms with Crippen molar-refractivity contribution in [3.63, 3.8) is 0 Å². The van der Waals surface area contributed by atoms with E-state index < -0.39 is 0 Å². The highest BCUT2D eigenvalue weighted by molar-refractivity contribution is 7.98. The summed E-state index contributed by atoms with van der Waals surface area (Å²) >= 11 is 3.47. The number of nitrogens with one attached hydrogen (secondary N) is 2. The van der Waals surface area contributed by atoms with Gasteiger partial charge in [-0.3, -0.25) is 0 Å². The summed E-state index contributed by atoms with van der Waals surface area (Å²) in [4.78, 5) is 16.0. The molecule has 0 aliphatic carbocycles. The zero-order chi connectivity index (χ0) is 18.8. The number of thioether (sulfide) groups is 2. The van der Waals surface area contributed by atoms with Crippen molar-refractivity contribution < 1.29 is 0 Å². The molecule has 0 unspecified atom stereocenters. The van der Waals surface area contributed by atoms with E-state index in [9.17, 15) is 0 Å². The van der Waals surface area contributed by atoms with Gasteiger partial charge in [0, 0.05) is 11.5 Å². The summed E-state index contributed by atoms with van der Waals surface area (Å²) in [5.74, 6) is 1.78. The highest BCUT2D eigenvalue weighted by Gasteiger charge is 2.06. The monoisotopic (exact) mass is 402 g/mol. The molecule has 2 N–H and O–H groups in total.